The molecule has 0 fully saturated rings. The van der Waals surface area contributed by atoms with Crippen LogP contribution in [0.5, 0.6) is 17.2 Å². The van der Waals surface area contributed by atoms with Gasteiger partial charge >= 0.3 is 11.9 Å². The van der Waals surface area contributed by atoms with Crippen molar-refractivity contribution >= 4 is 28.9 Å². The van der Waals surface area contributed by atoms with E-state index in [0.29, 0.717) is 23.0 Å². The molecule has 2 heterocycles. The summed E-state index contributed by atoms with van der Waals surface area (Å²) in [5.74, 6) is 0.102. The monoisotopic (exact) mass is 445 g/mol. The number of carbonyl (C=O) groups excluding carboxylic acids is 2. The van der Waals surface area contributed by atoms with Crippen LogP contribution in [0.15, 0.2) is 16.5 Å². The van der Waals surface area contributed by atoms with Crippen molar-refractivity contribution in [1.29, 1.82) is 0 Å². The molecule has 2 N–H and O–H groups in total. The molecule has 0 atom stereocenters. The summed E-state index contributed by atoms with van der Waals surface area (Å²) in [6.07, 6.45) is 0. The Hall–Kier alpha value is -4.02. The highest BCUT2D eigenvalue weighted by molar-refractivity contribution is 6.07. The number of esters is 2. The first-order chi connectivity index (χ1) is 15.3. The van der Waals surface area contributed by atoms with Crippen molar-refractivity contribution in [1.82, 2.24) is 9.97 Å². The fourth-order valence-corrected chi connectivity index (χ4v) is 3.11. The minimum atomic E-state index is -0.672. The molecular formula is C21H23N3O8. The van der Waals surface area contributed by atoms with Crippen molar-refractivity contribution in [2.24, 2.45) is 0 Å². The number of fused-ring (bicyclic) bond motifs is 1. The van der Waals surface area contributed by atoms with Gasteiger partial charge in [0.25, 0.3) is 0 Å². The first-order valence-corrected chi connectivity index (χ1v) is 9.54. The van der Waals surface area contributed by atoms with Gasteiger partial charge in [-0.2, -0.15) is 4.98 Å². The van der Waals surface area contributed by atoms with Gasteiger partial charge in [-0.05, 0) is 26.0 Å². The number of nitrogens with two attached hydrogens (primary N) is 1. The van der Waals surface area contributed by atoms with Crippen LogP contribution in [0.3, 0.4) is 0 Å². The van der Waals surface area contributed by atoms with Crippen molar-refractivity contribution in [2.75, 3.05) is 33.7 Å². The normalized spacial score (nSPS) is 10.7. The summed E-state index contributed by atoms with van der Waals surface area (Å²) < 4.78 is 31.6. The van der Waals surface area contributed by atoms with Crippen LogP contribution in [0.1, 0.15) is 39.2 Å². The van der Waals surface area contributed by atoms with Crippen molar-refractivity contribution < 1.29 is 37.7 Å². The van der Waals surface area contributed by atoms with E-state index >= 15 is 0 Å². The van der Waals surface area contributed by atoms with Crippen LogP contribution in [0.25, 0.3) is 11.1 Å². The molecule has 0 radical (unpaired) electrons. The number of furan rings is 1. The Morgan fingerprint density at radius 3 is 2.22 bits per heavy atom. The summed E-state index contributed by atoms with van der Waals surface area (Å²) in [6, 6.07) is 2.92. The van der Waals surface area contributed by atoms with Crippen molar-refractivity contribution in [2.45, 2.75) is 20.5 Å². The molecule has 0 spiro atoms. The summed E-state index contributed by atoms with van der Waals surface area (Å²) in [5, 5.41) is 0.251. The van der Waals surface area contributed by atoms with Crippen LogP contribution in [-0.2, 0) is 16.1 Å². The zero-order valence-corrected chi connectivity index (χ0v) is 18.3. The van der Waals surface area contributed by atoms with Gasteiger partial charge in [0.1, 0.15) is 17.1 Å². The van der Waals surface area contributed by atoms with E-state index in [-0.39, 0.29) is 47.1 Å². The molecule has 32 heavy (non-hydrogen) atoms. The number of methoxy groups -OCH3 is 3. The van der Waals surface area contributed by atoms with Crippen LogP contribution in [0.2, 0.25) is 0 Å². The van der Waals surface area contributed by atoms with Gasteiger partial charge in [0.05, 0.1) is 38.9 Å². The number of aromatic nitrogens is 2. The second kappa shape index (κ2) is 9.41. The van der Waals surface area contributed by atoms with Crippen molar-refractivity contribution in [3.63, 3.8) is 0 Å². The Morgan fingerprint density at radius 1 is 1.00 bits per heavy atom. The second-order valence-corrected chi connectivity index (χ2v) is 6.45. The zero-order chi connectivity index (χ0) is 23.4. The quantitative estimate of drug-likeness (QED) is 0.511. The van der Waals surface area contributed by atoms with Gasteiger partial charge in [-0.25, -0.2) is 14.6 Å². The Morgan fingerprint density at radius 2 is 1.66 bits per heavy atom. The number of rotatable bonds is 8. The summed E-state index contributed by atoms with van der Waals surface area (Å²) in [7, 11) is 4.34. The van der Waals surface area contributed by atoms with Gasteiger partial charge in [0.2, 0.25) is 11.5 Å². The molecule has 11 nitrogen and oxygen atoms in total. The summed E-state index contributed by atoms with van der Waals surface area (Å²) in [5.41, 5.74) is 6.46. The topological polar surface area (TPSA) is 145 Å². The van der Waals surface area contributed by atoms with E-state index in [4.69, 9.17) is 33.8 Å². The molecule has 0 amide bonds. The maximum atomic E-state index is 12.6. The van der Waals surface area contributed by atoms with Crippen LogP contribution >= 0.6 is 0 Å². The number of hydrogen-bond donors (Lipinski definition) is 1. The number of anilines is 1. The lowest BCUT2D eigenvalue weighted by molar-refractivity contribution is 0.0460. The number of nitrogens with zero attached hydrogens (tertiary/aromatic N) is 2. The highest BCUT2D eigenvalue weighted by atomic mass is 16.5. The highest BCUT2D eigenvalue weighted by Gasteiger charge is 2.24. The molecule has 0 aliphatic rings. The summed E-state index contributed by atoms with van der Waals surface area (Å²) in [4.78, 5) is 33.1. The predicted octanol–water partition coefficient (Wildman–Crippen LogP) is 2.67. The number of ether oxygens (including phenoxy) is 5. The molecule has 0 aliphatic heterocycles. The van der Waals surface area contributed by atoms with Gasteiger partial charge in [0.15, 0.2) is 23.9 Å². The Bertz CT molecular complexity index is 1150. The van der Waals surface area contributed by atoms with Gasteiger partial charge in [-0.15, -0.1) is 0 Å². The number of benzene rings is 1. The van der Waals surface area contributed by atoms with E-state index in [1.807, 2.05) is 0 Å². The molecule has 11 heteroatoms. The molecular weight excluding hydrogens is 422 g/mol. The van der Waals surface area contributed by atoms with Crippen molar-refractivity contribution in [3.05, 3.63) is 34.8 Å². The first-order valence-electron chi connectivity index (χ1n) is 9.54. The lowest BCUT2D eigenvalue weighted by atomic mass is 10.2. The average Bonchev–Trinajstić information content (AvgIpc) is 3.12. The Labute approximate surface area is 183 Å². The number of carbonyl (C=O) groups is 2. The van der Waals surface area contributed by atoms with Crippen LogP contribution in [-0.4, -0.2) is 49.8 Å². The third kappa shape index (κ3) is 4.22. The Kier molecular flexibility index (Phi) is 6.67. The molecule has 3 rings (SSSR count). The standard InChI is InChI=1S/C21H23N3O8/c1-6-30-21(26)15-10(2)32-19-16(15)18(22)23-14(24-19)9-31-20(25)11-7-12(27-3)17(29-5)13(8-11)28-4/h7-8H,6,9H2,1-5H3,(H2,22,23,24). The minimum Gasteiger partial charge on any atom is -0.493 e. The van der Waals surface area contributed by atoms with E-state index in [0.717, 1.165) is 0 Å². The SMILES string of the molecule is CCOC(=O)c1c(C)oc2nc(COC(=O)c3cc(OC)c(OC)c(OC)c3)nc(N)c12. The zero-order valence-electron chi connectivity index (χ0n) is 18.3. The first kappa shape index (κ1) is 22.7. The third-order valence-electron chi connectivity index (χ3n) is 4.51. The number of aryl methyl sites for hydroxylation is 1. The molecule has 0 aliphatic carbocycles. The lowest BCUT2D eigenvalue weighted by Gasteiger charge is -2.13. The highest BCUT2D eigenvalue weighted by Crippen LogP contribution is 2.38. The molecule has 2 aromatic heterocycles. The maximum Gasteiger partial charge on any atom is 0.342 e. The van der Waals surface area contributed by atoms with Crippen LogP contribution < -0.4 is 19.9 Å². The van der Waals surface area contributed by atoms with Gasteiger partial charge in [0, 0.05) is 0 Å². The molecule has 0 saturated heterocycles. The maximum absolute atomic E-state index is 12.6. The third-order valence-corrected chi connectivity index (χ3v) is 4.51. The Balaban J connectivity index is 1.85. The van der Waals surface area contributed by atoms with E-state index in [2.05, 4.69) is 9.97 Å². The van der Waals surface area contributed by atoms with E-state index in [1.54, 1.807) is 13.8 Å². The largest absolute Gasteiger partial charge is 0.493 e. The van der Waals surface area contributed by atoms with Gasteiger partial charge in [-0.1, -0.05) is 0 Å². The molecule has 0 saturated carbocycles. The van der Waals surface area contributed by atoms with E-state index in [9.17, 15) is 9.59 Å². The minimum absolute atomic E-state index is 0.00809. The van der Waals surface area contributed by atoms with Gasteiger partial charge < -0.3 is 33.8 Å². The molecule has 3 aromatic rings. The lowest BCUT2D eigenvalue weighted by Crippen LogP contribution is -2.10. The van der Waals surface area contributed by atoms with Gasteiger partial charge in [-0.3, -0.25) is 0 Å². The number of nitrogen functional groups attached to an aromatic ring is 1. The molecule has 0 bridgehead atoms. The number of hydrogen-bond acceptors (Lipinski definition) is 11. The predicted molar refractivity (Wildman–Crippen MR) is 112 cm³/mol. The molecule has 1 aromatic carbocycles. The van der Waals surface area contributed by atoms with Crippen LogP contribution in [0, 0.1) is 6.92 Å². The fraction of sp³-hybridized carbons (Fsp3) is 0.333. The van der Waals surface area contributed by atoms with E-state index in [1.165, 1.54) is 33.5 Å². The average molecular weight is 445 g/mol. The molecule has 0 unspecified atom stereocenters. The fourth-order valence-electron chi connectivity index (χ4n) is 3.11. The van der Waals surface area contributed by atoms with Crippen molar-refractivity contribution in [3.8, 4) is 17.2 Å². The van der Waals surface area contributed by atoms with Crippen LogP contribution in [0.4, 0.5) is 5.82 Å². The summed E-state index contributed by atoms with van der Waals surface area (Å²) in [6.45, 7) is 3.19. The summed E-state index contributed by atoms with van der Waals surface area (Å²) >= 11 is 0. The smallest absolute Gasteiger partial charge is 0.342 e. The molecule has 170 valence electrons. The second-order valence-electron chi connectivity index (χ2n) is 6.45. The van der Waals surface area contributed by atoms with E-state index < -0.39 is 11.9 Å².